The third kappa shape index (κ3) is 3.11. The number of nitro benzene ring substituents is 1. The molecule has 4 aromatic carbocycles. The molecule has 0 unspecified atom stereocenters. The van der Waals surface area contributed by atoms with Crippen molar-refractivity contribution in [2.75, 3.05) is 0 Å². The summed E-state index contributed by atoms with van der Waals surface area (Å²) in [4.78, 5) is 10.8. The van der Waals surface area contributed by atoms with Gasteiger partial charge in [0.15, 0.2) is 0 Å². The van der Waals surface area contributed by atoms with Gasteiger partial charge in [0, 0.05) is 12.1 Å². The molecule has 0 saturated heterocycles. The highest BCUT2D eigenvalue weighted by Crippen LogP contribution is 2.54. The topological polar surface area (TPSA) is 43.1 Å². The molecule has 0 radical (unpaired) electrons. The van der Waals surface area contributed by atoms with E-state index in [1.807, 2.05) is 30.3 Å². The standard InChI is InChI=1S/C24H19NO2P/c26-25(27)20-16-18-24(19-17-20)28(21-10-4-1-5-11-21,22-12-6-2-7-13-22)23-14-8-3-9-15-23/h1-19H/q+1. The van der Waals surface area contributed by atoms with Crippen LogP contribution in [0.4, 0.5) is 5.69 Å². The van der Waals surface area contributed by atoms with Gasteiger partial charge in [-0.2, -0.15) is 0 Å². The first-order valence-electron chi connectivity index (χ1n) is 9.04. The van der Waals surface area contributed by atoms with Crippen LogP contribution in [-0.2, 0) is 0 Å². The largest absolute Gasteiger partial charge is 0.269 e. The molecule has 4 aromatic rings. The second-order valence-electron chi connectivity index (χ2n) is 6.45. The Bertz CT molecular complexity index is 969. The van der Waals surface area contributed by atoms with Gasteiger partial charge in [0.25, 0.3) is 5.69 Å². The Hall–Kier alpha value is -3.29. The fourth-order valence-electron chi connectivity index (χ4n) is 3.65. The SMILES string of the molecule is O=[N+]([O-])c1ccc([P+](c2ccccc2)(c2ccccc2)c2ccccc2)cc1. The van der Waals surface area contributed by atoms with Crippen LogP contribution < -0.4 is 21.2 Å². The molecule has 0 aliphatic heterocycles. The monoisotopic (exact) mass is 384 g/mol. The molecule has 0 aromatic heterocycles. The molecule has 0 amide bonds. The highest BCUT2D eigenvalue weighted by Gasteiger charge is 2.47. The first-order valence-corrected chi connectivity index (χ1v) is 10.8. The highest BCUT2D eigenvalue weighted by atomic mass is 31.2. The summed E-state index contributed by atoms with van der Waals surface area (Å²) in [5, 5.41) is 16.0. The second kappa shape index (κ2) is 7.75. The molecule has 0 spiro atoms. The Morgan fingerprint density at radius 1 is 0.500 bits per heavy atom. The van der Waals surface area contributed by atoms with E-state index in [9.17, 15) is 10.1 Å². The molecule has 0 N–H and O–H groups in total. The molecular weight excluding hydrogens is 365 g/mol. The third-order valence-electron chi connectivity index (χ3n) is 4.88. The predicted molar refractivity (Wildman–Crippen MR) is 118 cm³/mol. The van der Waals surface area contributed by atoms with Crippen molar-refractivity contribution in [3.8, 4) is 0 Å². The molecule has 4 heteroatoms. The van der Waals surface area contributed by atoms with Gasteiger partial charge >= 0.3 is 0 Å². The van der Waals surface area contributed by atoms with Crippen molar-refractivity contribution in [1.29, 1.82) is 0 Å². The maximum Gasteiger partial charge on any atom is 0.269 e. The van der Waals surface area contributed by atoms with Gasteiger partial charge in [-0.05, 0) is 48.5 Å². The van der Waals surface area contributed by atoms with Gasteiger partial charge in [0.2, 0.25) is 0 Å². The van der Waals surface area contributed by atoms with Crippen LogP contribution in [0.5, 0.6) is 0 Å². The zero-order valence-electron chi connectivity index (χ0n) is 15.2. The lowest BCUT2D eigenvalue weighted by Crippen LogP contribution is -2.38. The molecule has 3 nitrogen and oxygen atoms in total. The zero-order valence-corrected chi connectivity index (χ0v) is 16.1. The normalized spacial score (nSPS) is 11.1. The van der Waals surface area contributed by atoms with Crippen molar-refractivity contribution >= 4 is 34.2 Å². The highest BCUT2D eigenvalue weighted by molar-refractivity contribution is 8.01. The molecule has 0 atom stereocenters. The van der Waals surface area contributed by atoms with Crippen molar-refractivity contribution in [2.24, 2.45) is 0 Å². The molecule has 0 saturated carbocycles. The van der Waals surface area contributed by atoms with Gasteiger partial charge in [0.05, 0.1) is 4.92 Å². The molecular formula is C24H19NO2P+. The quantitative estimate of drug-likeness (QED) is 0.294. The molecule has 0 bridgehead atoms. The molecule has 4 rings (SSSR count). The van der Waals surface area contributed by atoms with Gasteiger partial charge in [-0.15, -0.1) is 0 Å². The predicted octanol–water partition coefficient (Wildman–Crippen LogP) is 4.21. The fraction of sp³-hybridized carbons (Fsp3) is 0. The van der Waals surface area contributed by atoms with Crippen LogP contribution in [-0.4, -0.2) is 4.92 Å². The number of nitro groups is 1. The van der Waals surface area contributed by atoms with Gasteiger partial charge in [-0.1, -0.05) is 54.6 Å². The molecule has 0 aliphatic rings. The summed E-state index contributed by atoms with van der Waals surface area (Å²) in [7, 11) is -2.18. The van der Waals surface area contributed by atoms with E-state index in [2.05, 4.69) is 72.8 Å². The Morgan fingerprint density at radius 3 is 1.14 bits per heavy atom. The average molecular weight is 384 g/mol. The van der Waals surface area contributed by atoms with Crippen LogP contribution in [0.2, 0.25) is 0 Å². The van der Waals surface area contributed by atoms with Crippen LogP contribution in [0.3, 0.4) is 0 Å². The van der Waals surface area contributed by atoms with Crippen LogP contribution in [0.25, 0.3) is 0 Å². The summed E-state index contributed by atoms with van der Waals surface area (Å²) in [6, 6.07) is 38.4. The lowest BCUT2D eigenvalue weighted by molar-refractivity contribution is -0.384. The number of hydrogen-bond donors (Lipinski definition) is 0. The first kappa shape index (κ1) is 18.1. The van der Waals surface area contributed by atoms with Crippen LogP contribution in [0.15, 0.2) is 115 Å². The molecule has 0 aliphatic carbocycles. The molecule has 28 heavy (non-hydrogen) atoms. The minimum Gasteiger partial charge on any atom is -0.258 e. The van der Waals surface area contributed by atoms with E-state index in [1.165, 1.54) is 15.9 Å². The van der Waals surface area contributed by atoms with Gasteiger partial charge in [-0.25, -0.2) is 0 Å². The minimum atomic E-state index is -2.18. The van der Waals surface area contributed by atoms with E-state index in [0.29, 0.717) is 0 Å². The maximum absolute atomic E-state index is 11.2. The maximum atomic E-state index is 11.2. The number of benzene rings is 4. The van der Waals surface area contributed by atoms with E-state index in [0.717, 1.165) is 5.30 Å². The second-order valence-corrected chi connectivity index (χ2v) is 9.86. The summed E-state index contributed by atoms with van der Waals surface area (Å²) >= 11 is 0. The smallest absolute Gasteiger partial charge is 0.258 e. The molecule has 0 fully saturated rings. The molecule has 136 valence electrons. The number of hydrogen-bond acceptors (Lipinski definition) is 2. The van der Waals surface area contributed by atoms with Gasteiger partial charge < -0.3 is 0 Å². The minimum absolute atomic E-state index is 0.107. The van der Waals surface area contributed by atoms with Crippen LogP contribution in [0, 0.1) is 10.1 Å². The number of non-ortho nitro benzene ring substituents is 1. The summed E-state index contributed by atoms with van der Waals surface area (Å²) in [6.07, 6.45) is 0. The third-order valence-corrected chi connectivity index (χ3v) is 9.17. The van der Waals surface area contributed by atoms with Crippen LogP contribution >= 0.6 is 7.26 Å². The number of nitrogens with zero attached hydrogens (tertiary/aromatic N) is 1. The Balaban J connectivity index is 2.08. The van der Waals surface area contributed by atoms with E-state index in [4.69, 9.17) is 0 Å². The van der Waals surface area contributed by atoms with Crippen molar-refractivity contribution in [1.82, 2.24) is 0 Å². The van der Waals surface area contributed by atoms with E-state index in [-0.39, 0.29) is 10.6 Å². The van der Waals surface area contributed by atoms with Gasteiger partial charge in [-0.3, -0.25) is 10.1 Å². The summed E-state index contributed by atoms with van der Waals surface area (Å²) in [5.41, 5.74) is 0.107. The fourth-order valence-corrected chi connectivity index (χ4v) is 7.89. The Morgan fingerprint density at radius 2 is 0.821 bits per heavy atom. The van der Waals surface area contributed by atoms with Crippen molar-refractivity contribution in [3.63, 3.8) is 0 Å². The Labute approximate surface area is 164 Å². The van der Waals surface area contributed by atoms with Gasteiger partial charge in [0.1, 0.15) is 28.5 Å². The zero-order chi connectivity index (χ0) is 19.4. The van der Waals surface area contributed by atoms with E-state index >= 15 is 0 Å². The van der Waals surface area contributed by atoms with Crippen molar-refractivity contribution in [3.05, 3.63) is 125 Å². The summed E-state index contributed by atoms with van der Waals surface area (Å²) in [5.74, 6) is 0. The summed E-state index contributed by atoms with van der Waals surface area (Å²) < 4.78 is 0. The van der Waals surface area contributed by atoms with E-state index in [1.54, 1.807) is 12.1 Å². The van der Waals surface area contributed by atoms with Crippen molar-refractivity contribution < 1.29 is 4.92 Å². The lowest BCUT2D eigenvalue weighted by Gasteiger charge is -2.27. The molecule has 0 heterocycles. The lowest BCUT2D eigenvalue weighted by atomic mass is 10.3. The summed E-state index contributed by atoms with van der Waals surface area (Å²) in [6.45, 7) is 0. The number of rotatable bonds is 5. The van der Waals surface area contributed by atoms with Crippen molar-refractivity contribution in [2.45, 2.75) is 0 Å². The first-order chi connectivity index (χ1) is 13.7. The average Bonchev–Trinajstić information content (AvgIpc) is 2.77. The Kier molecular flexibility index (Phi) is 5.01. The van der Waals surface area contributed by atoms with Crippen LogP contribution in [0.1, 0.15) is 0 Å². The van der Waals surface area contributed by atoms with E-state index < -0.39 is 7.26 Å².